The van der Waals surface area contributed by atoms with Crippen LogP contribution in [0.15, 0.2) is 28.8 Å². The standard InChI is InChI=1S/C14H16N4O3S/c1-9-16-13(21-18-9)6-20-11-4-2-10(3-5-11)17-14(19)12-7-22-8-15-12/h2-5,12,15H,6-8H2,1H3,(H,17,19). The number of ether oxygens (including phenoxy) is 1. The molecule has 0 spiro atoms. The van der Waals surface area contributed by atoms with Crippen molar-refractivity contribution in [3.63, 3.8) is 0 Å². The molecule has 1 aromatic carbocycles. The van der Waals surface area contributed by atoms with Crippen molar-refractivity contribution >= 4 is 23.4 Å². The fraction of sp³-hybridized carbons (Fsp3) is 0.357. The zero-order chi connectivity index (χ0) is 15.4. The normalized spacial score (nSPS) is 17.4. The Morgan fingerprint density at radius 1 is 1.50 bits per heavy atom. The number of anilines is 1. The topological polar surface area (TPSA) is 89.3 Å². The van der Waals surface area contributed by atoms with Gasteiger partial charge in [-0.3, -0.25) is 10.1 Å². The van der Waals surface area contributed by atoms with E-state index >= 15 is 0 Å². The first-order valence-electron chi connectivity index (χ1n) is 6.85. The molecule has 1 aromatic heterocycles. The first-order chi connectivity index (χ1) is 10.7. The predicted octanol–water partition coefficient (Wildman–Crippen LogP) is 1.56. The van der Waals surface area contributed by atoms with Gasteiger partial charge in [0.25, 0.3) is 5.89 Å². The molecule has 0 bridgehead atoms. The lowest BCUT2D eigenvalue weighted by Crippen LogP contribution is -2.37. The quantitative estimate of drug-likeness (QED) is 0.864. The second kappa shape index (κ2) is 6.80. The van der Waals surface area contributed by atoms with Crippen LogP contribution in [-0.4, -0.2) is 33.7 Å². The Balaban J connectivity index is 1.52. The van der Waals surface area contributed by atoms with Crippen LogP contribution in [0, 0.1) is 6.92 Å². The predicted molar refractivity (Wildman–Crippen MR) is 82.7 cm³/mol. The van der Waals surface area contributed by atoms with Gasteiger partial charge in [0.2, 0.25) is 5.91 Å². The highest BCUT2D eigenvalue weighted by molar-refractivity contribution is 7.99. The third-order valence-electron chi connectivity index (χ3n) is 3.09. The van der Waals surface area contributed by atoms with E-state index in [0.717, 1.165) is 17.3 Å². The van der Waals surface area contributed by atoms with Crippen LogP contribution in [0.2, 0.25) is 0 Å². The van der Waals surface area contributed by atoms with E-state index < -0.39 is 0 Å². The third kappa shape index (κ3) is 3.77. The number of benzene rings is 1. The summed E-state index contributed by atoms with van der Waals surface area (Å²) in [5.74, 6) is 3.29. The summed E-state index contributed by atoms with van der Waals surface area (Å²) in [7, 11) is 0. The minimum absolute atomic E-state index is 0.0139. The lowest BCUT2D eigenvalue weighted by atomic mass is 10.2. The van der Waals surface area contributed by atoms with Crippen molar-refractivity contribution in [3.8, 4) is 5.75 Å². The van der Waals surface area contributed by atoms with Crippen LogP contribution >= 0.6 is 11.8 Å². The summed E-state index contributed by atoms with van der Waals surface area (Å²) in [6, 6.07) is 7.05. The van der Waals surface area contributed by atoms with E-state index in [1.165, 1.54) is 0 Å². The Hall–Kier alpha value is -2.06. The maximum Gasteiger partial charge on any atom is 0.264 e. The van der Waals surface area contributed by atoms with Gasteiger partial charge in [-0.15, -0.1) is 11.8 Å². The number of aryl methyl sites for hydroxylation is 1. The van der Waals surface area contributed by atoms with Crippen molar-refractivity contribution in [3.05, 3.63) is 36.0 Å². The van der Waals surface area contributed by atoms with E-state index in [0.29, 0.717) is 17.5 Å². The Morgan fingerprint density at radius 2 is 2.32 bits per heavy atom. The number of nitrogens with one attached hydrogen (secondary N) is 2. The van der Waals surface area contributed by atoms with E-state index in [9.17, 15) is 4.79 Å². The fourth-order valence-corrected chi connectivity index (χ4v) is 2.91. The van der Waals surface area contributed by atoms with Crippen LogP contribution < -0.4 is 15.4 Å². The van der Waals surface area contributed by atoms with Crippen LogP contribution in [0.4, 0.5) is 5.69 Å². The lowest BCUT2D eigenvalue weighted by Gasteiger charge is -2.11. The molecule has 0 saturated carbocycles. The summed E-state index contributed by atoms with van der Waals surface area (Å²) in [6.45, 7) is 1.97. The Bertz CT molecular complexity index is 638. The van der Waals surface area contributed by atoms with Crippen LogP contribution in [0.1, 0.15) is 11.7 Å². The summed E-state index contributed by atoms with van der Waals surface area (Å²) < 4.78 is 10.5. The van der Waals surface area contributed by atoms with Gasteiger partial charge < -0.3 is 14.6 Å². The monoisotopic (exact) mass is 320 g/mol. The van der Waals surface area contributed by atoms with Crippen LogP contribution in [0.3, 0.4) is 0 Å². The van der Waals surface area contributed by atoms with Gasteiger partial charge in [0.1, 0.15) is 5.75 Å². The summed E-state index contributed by atoms with van der Waals surface area (Å²) >= 11 is 1.72. The first kappa shape index (κ1) is 14.9. The molecule has 2 N–H and O–H groups in total. The van der Waals surface area contributed by atoms with E-state index in [2.05, 4.69) is 20.8 Å². The van der Waals surface area contributed by atoms with E-state index in [4.69, 9.17) is 9.26 Å². The molecular weight excluding hydrogens is 304 g/mol. The van der Waals surface area contributed by atoms with Crippen LogP contribution in [0.5, 0.6) is 5.75 Å². The molecule has 3 rings (SSSR count). The third-order valence-corrected chi connectivity index (χ3v) is 4.03. The zero-order valence-electron chi connectivity index (χ0n) is 12.0. The van der Waals surface area contributed by atoms with Crippen molar-refractivity contribution in [2.45, 2.75) is 19.6 Å². The van der Waals surface area contributed by atoms with Crippen LogP contribution in [-0.2, 0) is 11.4 Å². The smallest absolute Gasteiger partial charge is 0.264 e. The highest BCUT2D eigenvalue weighted by Crippen LogP contribution is 2.18. The van der Waals surface area contributed by atoms with Crippen LogP contribution in [0.25, 0.3) is 0 Å². The number of carbonyl (C=O) groups is 1. The number of carbonyl (C=O) groups excluding carboxylic acids is 1. The maximum atomic E-state index is 12.0. The highest BCUT2D eigenvalue weighted by atomic mass is 32.2. The van der Waals surface area contributed by atoms with Gasteiger partial charge in [-0.05, 0) is 31.2 Å². The Kier molecular flexibility index (Phi) is 4.59. The molecule has 2 aromatic rings. The van der Waals surface area contributed by atoms with Gasteiger partial charge in [-0.2, -0.15) is 4.98 Å². The number of nitrogens with zero attached hydrogens (tertiary/aromatic N) is 2. The molecular formula is C14H16N4O3S. The number of hydrogen-bond donors (Lipinski definition) is 2. The molecule has 1 aliphatic heterocycles. The van der Waals surface area contributed by atoms with Gasteiger partial charge >= 0.3 is 0 Å². The molecule has 1 unspecified atom stereocenters. The average Bonchev–Trinajstić information content (AvgIpc) is 3.18. The van der Waals surface area contributed by atoms with Gasteiger partial charge in [-0.25, -0.2) is 0 Å². The van der Waals surface area contributed by atoms with E-state index in [-0.39, 0.29) is 18.6 Å². The number of amides is 1. The SMILES string of the molecule is Cc1noc(COc2ccc(NC(=O)C3CSCN3)cc2)n1. The average molecular weight is 320 g/mol. The number of thioether (sulfide) groups is 1. The van der Waals surface area contributed by atoms with E-state index in [1.54, 1.807) is 43.0 Å². The number of hydrogen-bond acceptors (Lipinski definition) is 7. The van der Waals surface area contributed by atoms with Gasteiger partial charge in [0.15, 0.2) is 12.4 Å². The molecule has 0 radical (unpaired) electrons. The molecule has 1 saturated heterocycles. The van der Waals surface area contributed by atoms with Gasteiger partial charge in [-0.1, -0.05) is 5.16 Å². The molecule has 116 valence electrons. The summed E-state index contributed by atoms with van der Waals surface area (Å²) in [6.07, 6.45) is 0. The van der Waals surface area contributed by atoms with Crippen molar-refractivity contribution in [2.24, 2.45) is 0 Å². The lowest BCUT2D eigenvalue weighted by molar-refractivity contribution is -0.117. The second-order valence-electron chi connectivity index (χ2n) is 4.81. The molecule has 22 heavy (non-hydrogen) atoms. The minimum atomic E-state index is -0.123. The summed E-state index contributed by atoms with van der Waals surface area (Å²) in [5, 5.41) is 9.70. The molecule has 1 aliphatic rings. The zero-order valence-corrected chi connectivity index (χ0v) is 12.9. The van der Waals surface area contributed by atoms with Gasteiger partial charge in [0, 0.05) is 17.3 Å². The molecule has 1 atom stereocenters. The molecule has 0 aliphatic carbocycles. The largest absolute Gasteiger partial charge is 0.484 e. The Labute approximate surface area is 131 Å². The van der Waals surface area contributed by atoms with Crippen molar-refractivity contribution in [1.29, 1.82) is 0 Å². The fourth-order valence-electron chi connectivity index (χ4n) is 1.97. The highest BCUT2D eigenvalue weighted by Gasteiger charge is 2.22. The number of aromatic nitrogens is 2. The Morgan fingerprint density at radius 3 is 2.95 bits per heavy atom. The minimum Gasteiger partial charge on any atom is -0.484 e. The van der Waals surface area contributed by atoms with Gasteiger partial charge in [0.05, 0.1) is 6.04 Å². The number of rotatable bonds is 5. The summed E-state index contributed by atoms with van der Waals surface area (Å²) in [5.41, 5.74) is 0.740. The molecule has 2 heterocycles. The molecule has 7 nitrogen and oxygen atoms in total. The van der Waals surface area contributed by atoms with Crippen molar-refractivity contribution in [2.75, 3.05) is 16.9 Å². The molecule has 1 fully saturated rings. The van der Waals surface area contributed by atoms with E-state index in [1.807, 2.05) is 0 Å². The van der Waals surface area contributed by atoms with Crippen molar-refractivity contribution < 1.29 is 14.1 Å². The second-order valence-corrected chi connectivity index (χ2v) is 5.84. The maximum absolute atomic E-state index is 12.0. The molecule has 8 heteroatoms. The molecule has 1 amide bonds. The first-order valence-corrected chi connectivity index (χ1v) is 8.00. The van der Waals surface area contributed by atoms with Crippen molar-refractivity contribution in [1.82, 2.24) is 15.5 Å². The summed E-state index contributed by atoms with van der Waals surface area (Å²) in [4.78, 5) is 16.0.